The van der Waals surface area contributed by atoms with Gasteiger partial charge in [-0.3, -0.25) is 14.9 Å². The minimum absolute atomic E-state index is 0.00718. The third-order valence-electron chi connectivity index (χ3n) is 2.78. The maximum Gasteiger partial charge on any atom is 0.342 e. The molecule has 0 aliphatic heterocycles. The van der Waals surface area contributed by atoms with Gasteiger partial charge in [0, 0.05) is 13.6 Å². The van der Waals surface area contributed by atoms with Gasteiger partial charge in [-0.2, -0.15) is 0 Å². The second kappa shape index (κ2) is 6.50. The van der Waals surface area contributed by atoms with E-state index in [2.05, 4.69) is 5.32 Å². The molecule has 1 aromatic carbocycles. The van der Waals surface area contributed by atoms with Crippen LogP contribution in [0.4, 0.5) is 11.4 Å². The zero-order chi connectivity index (χ0) is 15.3. The quantitative estimate of drug-likeness (QED) is 0.598. The van der Waals surface area contributed by atoms with Crippen molar-refractivity contribution in [1.82, 2.24) is 4.90 Å². The monoisotopic (exact) mass is 281 g/mol. The molecule has 0 aliphatic rings. The van der Waals surface area contributed by atoms with Crippen LogP contribution in [0.1, 0.15) is 17.3 Å². The standard InChI is InChI=1S/C12H15N3O5/c1-3-14(2)10(16)7-13-9-6-4-5-8(12(17)18)11(9)15(19)20/h4-6,13H,3,7H2,1-2H3,(H,17,18). The summed E-state index contributed by atoms with van der Waals surface area (Å²) in [6, 6.07) is 3.89. The maximum atomic E-state index is 11.6. The molecule has 0 aliphatic carbocycles. The van der Waals surface area contributed by atoms with E-state index in [1.807, 2.05) is 0 Å². The highest BCUT2D eigenvalue weighted by Crippen LogP contribution is 2.28. The van der Waals surface area contributed by atoms with E-state index in [0.29, 0.717) is 6.54 Å². The van der Waals surface area contributed by atoms with Gasteiger partial charge in [-0.1, -0.05) is 6.07 Å². The van der Waals surface area contributed by atoms with Crippen molar-refractivity contribution in [3.8, 4) is 0 Å². The van der Waals surface area contributed by atoms with Crippen LogP contribution in [0.2, 0.25) is 0 Å². The van der Waals surface area contributed by atoms with Gasteiger partial charge in [0.15, 0.2) is 0 Å². The van der Waals surface area contributed by atoms with Crippen LogP contribution in [0.15, 0.2) is 18.2 Å². The molecule has 20 heavy (non-hydrogen) atoms. The van der Waals surface area contributed by atoms with Gasteiger partial charge in [0.05, 0.1) is 11.5 Å². The largest absolute Gasteiger partial charge is 0.477 e. The van der Waals surface area contributed by atoms with Crippen molar-refractivity contribution in [3.05, 3.63) is 33.9 Å². The van der Waals surface area contributed by atoms with Crippen LogP contribution >= 0.6 is 0 Å². The molecule has 1 amide bonds. The average molecular weight is 281 g/mol. The molecule has 8 nitrogen and oxygen atoms in total. The number of carbonyl (C=O) groups is 2. The van der Waals surface area contributed by atoms with Gasteiger partial charge in [0.25, 0.3) is 0 Å². The fraction of sp³-hybridized carbons (Fsp3) is 0.333. The Morgan fingerprint density at radius 1 is 1.45 bits per heavy atom. The number of nitro benzene ring substituents is 1. The second-order valence-corrected chi connectivity index (χ2v) is 4.03. The fourth-order valence-electron chi connectivity index (χ4n) is 1.54. The summed E-state index contributed by atoms with van der Waals surface area (Å²) in [4.78, 5) is 34.2. The summed E-state index contributed by atoms with van der Waals surface area (Å²) in [6.45, 7) is 2.16. The number of para-hydroxylation sites is 1. The molecule has 0 saturated carbocycles. The van der Waals surface area contributed by atoms with E-state index in [9.17, 15) is 19.7 Å². The highest BCUT2D eigenvalue weighted by atomic mass is 16.6. The molecule has 0 aromatic heterocycles. The molecule has 0 fully saturated rings. The lowest BCUT2D eigenvalue weighted by atomic mass is 10.1. The first-order valence-electron chi connectivity index (χ1n) is 5.87. The highest BCUT2D eigenvalue weighted by molar-refractivity contribution is 5.95. The summed E-state index contributed by atoms with van der Waals surface area (Å²) in [7, 11) is 1.60. The molecule has 108 valence electrons. The molecule has 0 saturated heterocycles. The lowest BCUT2D eigenvalue weighted by Gasteiger charge is -2.15. The number of carboxylic acids is 1. The van der Waals surface area contributed by atoms with Crippen molar-refractivity contribution in [2.45, 2.75) is 6.92 Å². The van der Waals surface area contributed by atoms with Crippen LogP contribution in [-0.2, 0) is 4.79 Å². The van der Waals surface area contributed by atoms with E-state index in [1.54, 1.807) is 14.0 Å². The summed E-state index contributed by atoms with van der Waals surface area (Å²) < 4.78 is 0. The Hall–Kier alpha value is -2.64. The first kappa shape index (κ1) is 15.4. The van der Waals surface area contributed by atoms with Crippen molar-refractivity contribution < 1.29 is 19.6 Å². The zero-order valence-electron chi connectivity index (χ0n) is 11.1. The topological polar surface area (TPSA) is 113 Å². The van der Waals surface area contributed by atoms with E-state index in [0.717, 1.165) is 6.07 Å². The van der Waals surface area contributed by atoms with E-state index >= 15 is 0 Å². The van der Waals surface area contributed by atoms with Crippen LogP contribution in [0.5, 0.6) is 0 Å². The van der Waals surface area contributed by atoms with Gasteiger partial charge < -0.3 is 15.3 Å². The van der Waals surface area contributed by atoms with Gasteiger partial charge in [-0.15, -0.1) is 0 Å². The third kappa shape index (κ3) is 3.44. The fourth-order valence-corrected chi connectivity index (χ4v) is 1.54. The summed E-state index contributed by atoms with van der Waals surface area (Å²) in [5.41, 5.74) is -0.962. The number of benzene rings is 1. The molecule has 1 rings (SSSR count). The number of nitrogens with one attached hydrogen (secondary N) is 1. The number of hydrogen-bond donors (Lipinski definition) is 2. The minimum Gasteiger partial charge on any atom is -0.477 e. The molecule has 0 spiro atoms. The number of aromatic carboxylic acids is 1. The number of carboxylic acid groups (broad SMARTS) is 1. The van der Waals surface area contributed by atoms with E-state index < -0.39 is 22.1 Å². The molecular formula is C12H15N3O5. The average Bonchev–Trinajstić information content (AvgIpc) is 2.42. The van der Waals surface area contributed by atoms with Crippen LogP contribution in [0, 0.1) is 10.1 Å². The van der Waals surface area contributed by atoms with Crippen molar-refractivity contribution >= 4 is 23.3 Å². The number of hydrogen-bond acceptors (Lipinski definition) is 5. The Balaban J connectivity index is 3.01. The summed E-state index contributed by atoms with van der Waals surface area (Å²) in [5.74, 6) is -1.64. The van der Waals surface area contributed by atoms with Gasteiger partial charge in [0.1, 0.15) is 11.3 Å². The Kier molecular flexibility index (Phi) is 5.01. The van der Waals surface area contributed by atoms with E-state index in [-0.39, 0.29) is 18.1 Å². The zero-order valence-corrected chi connectivity index (χ0v) is 11.1. The number of carbonyl (C=O) groups excluding carboxylic acids is 1. The third-order valence-corrected chi connectivity index (χ3v) is 2.78. The number of nitrogens with zero attached hydrogens (tertiary/aromatic N) is 2. The van der Waals surface area contributed by atoms with Gasteiger partial charge in [-0.25, -0.2) is 4.79 Å². The molecule has 0 bridgehead atoms. The minimum atomic E-state index is -1.39. The number of nitro groups is 1. The molecule has 0 heterocycles. The highest BCUT2D eigenvalue weighted by Gasteiger charge is 2.24. The van der Waals surface area contributed by atoms with Gasteiger partial charge in [0.2, 0.25) is 5.91 Å². The van der Waals surface area contributed by atoms with Gasteiger partial charge in [-0.05, 0) is 19.1 Å². The summed E-state index contributed by atoms with van der Waals surface area (Å²) in [5, 5.41) is 22.5. The molecule has 2 N–H and O–H groups in total. The lowest BCUT2D eigenvalue weighted by molar-refractivity contribution is -0.384. The van der Waals surface area contributed by atoms with Crippen LogP contribution in [-0.4, -0.2) is 46.9 Å². The van der Waals surface area contributed by atoms with Crippen molar-refractivity contribution in [2.75, 3.05) is 25.5 Å². The predicted molar refractivity (Wildman–Crippen MR) is 71.9 cm³/mol. The molecule has 0 unspecified atom stereocenters. The van der Waals surface area contributed by atoms with Crippen LogP contribution in [0.3, 0.4) is 0 Å². The van der Waals surface area contributed by atoms with Crippen molar-refractivity contribution in [2.24, 2.45) is 0 Å². The maximum absolute atomic E-state index is 11.6. The Labute approximate surface area is 115 Å². The summed E-state index contributed by atoms with van der Waals surface area (Å²) in [6.07, 6.45) is 0. The molecule has 0 radical (unpaired) electrons. The Morgan fingerprint density at radius 2 is 2.10 bits per heavy atom. The predicted octanol–water partition coefficient (Wildman–Crippen LogP) is 1.18. The number of anilines is 1. The summed E-state index contributed by atoms with van der Waals surface area (Å²) >= 11 is 0. The lowest BCUT2D eigenvalue weighted by Crippen LogP contribution is -2.32. The smallest absolute Gasteiger partial charge is 0.342 e. The van der Waals surface area contributed by atoms with E-state index in [1.165, 1.54) is 17.0 Å². The van der Waals surface area contributed by atoms with Crippen molar-refractivity contribution in [3.63, 3.8) is 0 Å². The molecule has 8 heteroatoms. The first-order chi connectivity index (χ1) is 9.38. The van der Waals surface area contributed by atoms with Crippen LogP contribution in [0.25, 0.3) is 0 Å². The van der Waals surface area contributed by atoms with E-state index in [4.69, 9.17) is 5.11 Å². The molecular weight excluding hydrogens is 266 g/mol. The first-order valence-corrected chi connectivity index (χ1v) is 5.87. The SMILES string of the molecule is CCN(C)C(=O)CNc1cccc(C(=O)O)c1[N+](=O)[O-]. The number of amides is 1. The second-order valence-electron chi connectivity index (χ2n) is 4.03. The normalized spacial score (nSPS) is 9.90. The molecule has 0 atom stereocenters. The Morgan fingerprint density at radius 3 is 2.60 bits per heavy atom. The number of rotatable bonds is 6. The number of likely N-dealkylation sites (N-methyl/N-ethyl adjacent to an activating group) is 1. The van der Waals surface area contributed by atoms with Crippen LogP contribution < -0.4 is 5.32 Å². The van der Waals surface area contributed by atoms with Crippen molar-refractivity contribution in [1.29, 1.82) is 0 Å². The van der Waals surface area contributed by atoms with Gasteiger partial charge >= 0.3 is 11.7 Å². The molecule has 1 aromatic rings. The Bertz CT molecular complexity index is 544.